The van der Waals surface area contributed by atoms with E-state index in [1.807, 2.05) is 12.1 Å². The Bertz CT molecular complexity index is 577. The van der Waals surface area contributed by atoms with E-state index >= 15 is 0 Å². The topological polar surface area (TPSA) is 51.4 Å². The Labute approximate surface area is 131 Å². The molecule has 1 aliphatic rings. The standard InChI is InChI=1S/C17H23N3O2/c1-13(2)9-20(10-15-4-3-6-22-15)17-8-16(18-12-19-17)14-5-7-21-11-14/h3-4,6,8,12-14H,5,7,9-11H2,1-2H3. The predicted octanol–water partition coefficient (Wildman–Crippen LogP) is 3.24. The minimum Gasteiger partial charge on any atom is -0.467 e. The van der Waals surface area contributed by atoms with Gasteiger partial charge in [-0.2, -0.15) is 0 Å². The number of rotatable bonds is 6. The van der Waals surface area contributed by atoms with Crippen molar-refractivity contribution in [1.82, 2.24) is 9.97 Å². The number of anilines is 1. The Morgan fingerprint density at radius 3 is 2.95 bits per heavy atom. The van der Waals surface area contributed by atoms with Gasteiger partial charge in [-0.1, -0.05) is 13.8 Å². The largest absolute Gasteiger partial charge is 0.467 e. The molecule has 0 bridgehead atoms. The Morgan fingerprint density at radius 1 is 1.36 bits per heavy atom. The van der Waals surface area contributed by atoms with Crippen molar-refractivity contribution in [3.8, 4) is 0 Å². The van der Waals surface area contributed by atoms with Crippen LogP contribution in [0.25, 0.3) is 0 Å². The van der Waals surface area contributed by atoms with Gasteiger partial charge in [-0.15, -0.1) is 0 Å². The molecule has 1 saturated heterocycles. The van der Waals surface area contributed by atoms with Gasteiger partial charge in [0.05, 0.1) is 25.1 Å². The third kappa shape index (κ3) is 3.65. The van der Waals surface area contributed by atoms with Gasteiger partial charge in [-0.05, 0) is 24.5 Å². The summed E-state index contributed by atoms with van der Waals surface area (Å²) in [7, 11) is 0. The molecule has 0 saturated carbocycles. The Hall–Kier alpha value is -1.88. The summed E-state index contributed by atoms with van der Waals surface area (Å²) >= 11 is 0. The predicted molar refractivity (Wildman–Crippen MR) is 84.8 cm³/mol. The minimum atomic E-state index is 0.395. The van der Waals surface area contributed by atoms with E-state index in [1.165, 1.54) is 0 Å². The van der Waals surface area contributed by atoms with Crippen LogP contribution in [-0.4, -0.2) is 29.7 Å². The Morgan fingerprint density at radius 2 is 2.27 bits per heavy atom. The van der Waals surface area contributed by atoms with Gasteiger partial charge in [0.1, 0.15) is 17.9 Å². The zero-order valence-corrected chi connectivity index (χ0v) is 13.2. The molecule has 2 aromatic rings. The molecule has 118 valence electrons. The normalized spacial score (nSPS) is 18.0. The van der Waals surface area contributed by atoms with E-state index in [-0.39, 0.29) is 0 Å². The van der Waals surface area contributed by atoms with Crippen LogP contribution in [0.5, 0.6) is 0 Å². The number of ether oxygens (including phenoxy) is 1. The van der Waals surface area contributed by atoms with Crippen LogP contribution >= 0.6 is 0 Å². The molecule has 0 radical (unpaired) electrons. The van der Waals surface area contributed by atoms with E-state index in [9.17, 15) is 0 Å². The van der Waals surface area contributed by atoms with Crippen LogP contribution in [0.2, 0.25) is 0 Å². The summed E-state index contributed by atoms with van der Waals surface area (Å²) in [4.78, 5) is 11.2. The van der Waals surface area contributed by atoms with Crippen molar-refractivity contribution in [2.24, 2.45) is 5.92 Å². The number of hydrogen-bond acceptors (Lipinski definition) is 5. The van der Waals surface area contributed by atoms with Gasteiger partial charge in [0.15, 0.2) is 0 Å². The first kappa shape index (κ1) is 15.0. The smallest absolute Gasteiger partial charge is 0.132 e. The fourth-order valence-electron chi connectivity index (χ4n) is 2.80. The van der Waals surface area contributed by atoms with E-state index < -0.39 is 0 Å². The van der Waals surface area contributed by atoms with Gasteiger partial charge < -0.3 is 14.1 Å². The SMILES string of the molecule is CC(C)CN(Cc1ccco1)c1cc(C2CCOC2)ncn1. The van der Waals surface area contributed by atoms with Crippen molar-refractivity contribution in [1.29, 1.82) is 0 Å². The van der Waals surface area contributed by atoms with Gasteiger partial charge in [-0.3, -0.25) is 0 Å². The molecule has 2 aromatic heterocycles. The summed E-state index contributed by atoms with van der Waals surface area (Å²) in [5.41, 5.74) is 1.08. The Balaban J connectivity index is 1.81. The number of hydrogen-bond donors (Lipinski definition) is 0. The van der Waals surface area contributed by atoms with Crippen LogP contribution in [0.3, 0.4) is 0 Å². The van der Waals surface area contributed by atoms with Crippen LogP contribution in [0.4, 0.5) is 5.82 Å². The highest BCUT2D eigenvalue weighted by molar-refractivity contribution is 5.40. The first-order chi connectivity index (χ1) is 10.7. The summed E-state index contributed by atoms with van der Waals surface area (Å²) in [6.07, 6.45) is 4.42. The van der Waals surface area contributed by atoms with Crippen molar-refractivity contribution in [2.45, 2.75) is 32.7 Å². The van der Waals surface area contributed by atoms with Gasteiger partial charge in [0.2, 0.25) is 0 Å². The van der Waals surface area contributed by atoms with Crippen molar-refractivity contribution < 1.29 is 9.15 Å². The Kier molecular flexibility index (Phi) is 4.73. The van der Waals surface area contributed by atoms with Crippen molar-refractivity contribution in [3.05, 3.63) is 42.2 Å². The summed E-state index contributed by atoms with van der Waals surface area (Å²) < 4.78 is 11.0. The van der Waals surface area contributed by atoms with E-state index in [4.69, 9.17) is 9.15 Å². The maximum atomic E-state index is 5.49. The van der Waals surface area contributed by atoms with Crippen LogP contribution in [0, 0.1) is 5.92 Å². The van der Waals surface area contributed by atoms with Crippen molar-refractivity contribution >= 4 is 5.82 Å². The average Bonchev–Trinajstić information content (AvgIpc) is 3.20. The maximum Gasteiger partial charge on any atom is 0.132 e. The summed E-state index contributed by atoms with van der Waals surface area (Å²) in [6, 6.07) is 6.02. The molecule has 3 heterocycles. The molecular weight excluding hydrogens is 278 g/mol. The van der Waals surface area contributed by atoms with Gasteiger partial charge in [0.25, 0.3) is 0 Å². The van der Waals surface area contributed by atoms with Gasteiger partial charge in [-0.25, -0.2) is 9.97 Å². The van der Waals surface area contributed by atoms with Crippen LogP contribution < -0.4 is 4.90 Å². The fourth-order valence-corrected chi connectivity index (χ4v) is 2.80. The summed E-state index contributed by atoms with van der Waals surface area (Å²) in [5.74, 6) is 2.85. The van der Waals surface area contributed by atoms with Crippen molar-refractivity contribution in [2.75, 3.05) is 24.7 Å². The monoisotopic (exact) mass is 301 g/mol. The number of nitrogens with zero attached hydrogens (tertiary/aromatic N) is 3. The molecule has 1 aliphatic heterocycles. The van der Waals surface area contributed by atoms with Gasteiger partial charge >= 0.3 is 0 Å². The van der Waals surface area contributed by atoms with E-state index in [0.717, 1.165) is 50.0 Å². The first-order valence-corrected chi connectivity index (χ1v) is 7.89. The molecule has 3 rings (SSSR count). The molecule has 0 N–H and O–H groups in total. The zero-order valence-electron chi connectivity index (χ0n) is 13.2. The maximum absolute atomic E-state index is 5.49. The molecule has 22 heavy (non-hydrogen) atoms. The molecular formula is C17H23N3O2. The second kappa shape index (κ2) is 6.92. The molecule has 0 aliphatic carbocycles. The summed E-state index contributed by atoms with van der Waals surface area (Å²) in [5, 5.41) is 0. The second-order valence-corrected chi connectivity index (χ2v) is 6.22. The lowest BCUT2D eigenvalue weighted by atomic mass is 10.0. The molecule has 1 fully saturated rings. The summed E-state index contributed by atoms with van der Waals surface area (Å²) in [6.45, 7) is 7.66. The van der Waals surface area contributed by atoms with Crippen LogP contribution in [0.1, 0.15) is 37.6 Å². The molecule has 1 atom stereocenters. The molecule has 0 aromatic carbocycles. The van der Waals surface area contributed by atoms with E-state index in [2.05, 4.69) is 34.8 Å². The van der Waals surface area contributed by atoms with Gasteiger partial charge in [0, 0.05) is 25.1 Å². The molecule has 0 amide bonds. The molecule has 0 spiro atoms. The van der Waals surface area contributed by atoms with Crippen molar-refractivity contribution in [3.63, 3.8) is 0 Å². The lowest BCUT2D eigenvalue weighted by molar-refractivity contribution is 0.193. The molecule has 1 unspecified atom stereocenters. The van der Waals surface area contributed by atoms with E-state index in [1.54, 1.807) is 12.6 Å². The third-order valence-electron chi connectivity index (χ3n) is 3.86. The second-order valence-electron chi connectivity index (χ2n) is 6.22. The molecule has 5 heteroatoms. The average molecular weight is 301 g/mol. The third-order valence-corrected chi connectivity index (χ3v) is 3.86. The first-order valence-electron chi connectivity index (χ1n) is 7.89. The molecule has 5 nitrogen and oxygen atoms in total. The lowest BCUT2D eigenvalue weighted by Crippen LogP contribution is -2.28. The highest BCUT2D eigenvalue weighted by atomic mass is 16.5. The highest BCUT2D eigenvalue weighted by Gasteiger charge is 2.21. The zero-order chi connectivity index (χ0) is 15.4. The number of furan rings is 1. The highest BCUT2D eigenvalue weighted by Crippen LogP contribution is 2.26. The fraction of sp³-hybridized carbons (Fsp3) is 0.529. The van der Waals surface area contributed by atoms with Crippen LogP contribution in [0.15, 0.2) is 35.2 Å². The number of aromatic nitrogens is 2. The quantitative estimate of drug-likeness (QED) is 0.820. The lowest BCUT2D eigenvalue weighted by Gasteiger charge is -2.25. The van der Waals surface area contributed by atoms with E-state index in [0.29, 0.717) is 11.8 Å². The van der Waals surface area contributed by atoms with Crippen LogP contribution in [-0.2, 0) is 11.3 Å². The minimum absolute atomic E-state index is 0.395.